The predicted octanol–water partition coefficient (Wildman–Crippen LogP) is 1.82. The average Bonchev–Trinajstić information content (AvgIpc) is 2.37. The number of carbonyl (C=O) groups excluding carboxylic acids is 1. The summed E-state index contributed by atoms with van der Waals surface area (Å²) in [7, 11) is 1.75. The highest BCUT2D eigenvalue weighted by atomic mass is 32.1. The van der Waals surface area contributed by atoms with E-state index in [9.17, 15) is 4.79 Å². The molecule has 1 aromatic carbocycles. The Hall–Kier alpha value is -1.46. The van der Waals surface area contributed by atoms with Crippen molar-refractivity contribution in [3.05, 3.63) is 35.4 Å². The summed E-state index contributed by atoms with van der Waals surface area (Å²) >= 11 is 4.91. The van der Waals surface area contributed by atoms with E-state index >= 15 is 0 Å². The van der Waals surface area contributed by atoms with E-state index in [2.05, 4.69) is 0 Å². The molecule has 0 atom stereocenters. The van der Waals surface area contributed by atoms with Crippen molar-refractivity contribution in [3.8, 4) is 0 Å². The third-order valence-electron chi connectivity index (χ3n) is 2.62. The molecule has 0 unspecified atom stereocenters. The van der Waals surface area contributed by atoms with Crippen LogP contribution in [0.25, 0.3) is 0 Å². The zero-order chi connectivity index (χ0) is 14.4. The first-order chi connectivity index (χ1) is 8.91. The van der Waals surface area contributed by atoms with Gasteiger partial charge >= 0.3 is 0 Å². The summed E-state index contributed by atoms with van der Waals surface area (Å²) in [5.41, 5.74) is 6.84. The topological polar surface area (TPSA) is 55.6 Å². The molecule has 0 bridgehead atoms. The van der Waals surface area contributed by atoms with E-state index in [-0.39, 0.29) is 12.0 Å². The second kappa shape index (κ2) is 7.21. The van der Waals surface area contributed by atoms with Gasteiger partial charge in [0, 0.05) is 24.7 Å². The van der Waals surface area contributed by atoms with Gasteiger partial charge in [-0.15, -0.1) is 0 Å². The van der Waals surface area contributed by atoms with Crippen molar-refractivity contribution in [1.82, 2.24) is 4.90 Å². The largest absolute Gasteiger partial charge is 0.389 e. The molecular formula is C14H20N2O2S. The number of nitrogens with two attached hydrogens (primary N) is 1. The molecule has 1 rings (SSSR count). The van der Waals surface area contributed by atoms with Gasteiger partial charge < -0.3 is 15.4 Å². The number of carbonyl (C=O) groups is 1. The van der Waals surface area contributed by atoms with Gasteiger partial charge in [0.05, 0.1) is 12.7 Å². The molecule has 19 heavy (non-hydrogen) atoms. The maximum Gasteiger partial charge on any atom is 0.253 e. The monoisotopic (exact) mass is 280 g/mol. The zero-order valence-electron chi connectivity index (χ0n) is 11.6. The molecule has 0 aliphatic rings. The zero-order valence-corrected chi connectivity index (χ0v) is 12.4. The highest BCUT2D eigenvalue weighted by Gasteiger charge is 2.12. The van der Waals surface area contributed by atoms with Crippen LogP contribution in [0.4, 0.5) is 0 Å². The average molecular weight is 280 g/mol. The summed E-state index contributed by atoms with van der Waals surface area (Å²) in [6.45, 7) is 5.00. The number of benzene rings is 1. The number of rotatable bonds is 6. The lowest BCUT2D eigenvalue weighted by Crippen LogP contribution is -2.31. The van der Waals surface area contributed by atoms with E-state index in [0.29, 0.717) is 29.3 Å². The number of thiocarbonyl (C=S) groups is 1. The van der Waals surface area contributed by atoms with Gasteiger partial charge in [-0.05, 0) is 26.0 Å². The van der Waals surface area contributed by atoms with Gasteiger partial charge in [0.25, 0.3) is 5.91 Å². The maximum absolute atomic E-state index is 12.2. The second-order valence-corrected chi connectivity index (χ2v) is 5.03. The fraction of sp³-hybridized carbons (Fsp3) is 0.429. The van der Waals surface area contributed by atoms with Crippen molar-refractivity contribution in [2.45, 2.75) is 20.0 Å². The predicted molar refractivity (Wildman–Crippen MR) is 80.4 cm³/mol. The molecule has 0 aromatic heterocycles. The molecule has 0 spiro atoms. The lowest BCUT2D eigenvalue weighted by molar-refractivity contribution is 0.0532. The molecule has 4 nitrogen and oxygen atoms in total. The minimum absolute atomic E-state index is 0.0644. The molecule has 0 heterocycles. The molecule has 1 aromatic rings. The number of hydrogen-bond acceptors (Lipinski definition) is 3. The molecule has 5 heteroatoms. The summed E-state index contributed by atoms with van der Waals surface area (Å²) in [5.74, 6) is -0.0644. The molecule has 0 saturated carbocycles. The van der Waals surface area contributed by atoms with E-state index in [4.69, 9.17) is 22.7 Å². The minimum Gasteiger partial charge on any atom is -0.389 e. The standard InChI is InChI=1S/C14H20N2O2S/c1-10(2)18-8-7-16(3)14(17)12-6-4-5-11(9-12)13(15)19/h4-6,9-10H,7-8H2,1-3H3,(H2,15,19). The number of ether oxygens (including phenoxy) is 1. The Morgan fingerprint density at radius 1 is 1.42 bits per heavy atom. The van der Waals surface area contributed by atoms with Crippen LogP contribution in [0.3, 0.4) is 0 Å². The highest BCUT2D eigenvalue weighted by Crippen LogP contribution is 2.08. The molecule has 0 saturated heterocycles. The lowest BCUT2D eigenvalue weighted by atomic mass is 10.1. The fourth-order valence-corrected chi connectivity index (χ4v) is 1.68. The Labute approximate surface area is 119 Å². The van der Waals surface area contributed by atoms with Crippen LogP contribution in [0.1, 0.15) is 29.8 Å². The molecule has 0 aliphatic heterocycles. The molecular weight excluding hydrogens is 260 g/mol. The van der Waals surface area contributed by atoms with Crippen molar-refractivity contribution in [1.29, 1.82) is 0 Å². The SMILES string of the molecule is CC(C)OCCN(C)C(=O)c1cccc(C(N)=S)c1. The van der Waals surface area contributed by atoms with Crippen LogP contribution in [-0.4, -0.2) is 42.1 Å². The molecule has 1 amide bonds. The Kier molecular flexibility index (Phi) is 5.92. The number of likely N-dealkylation sites (N-methyl/N-ethyl adjacent to an activating group) is 1. The maximum atomic E-state index is 12.2. The Morgan fingerprint density at radius 3 is 2.63 bits per heavy atom. The summed E-state index contributed by atoms with van der Waals surface area (Å²) < 4.78 is 5.43. The Bertz CT molecular complexity index is 461. The van der Waals surface area contributed by atoms with Crippen molar-refractivity contribution in [2.24, 2.45) is 5.73 Å². The van der Waals surface area contributed by atoms with Crippen molar-refractivity contribution < 1.29 is 9.53 Å². The second-order valence-electron chi connectivity index (χ2n) is 4.59. The van der Waals surface area contributed by atoms with E-state index < -0.39 is 0 Å². The van der Waals surface area contributed by atoms with Crippen molar-refractivity contribution in [3.63, 3.8) is 0 Å². The van der Waals surface area contributed by atoms with E-state index in [1.54, 1.807) is 36.2 Å². The summed E-state index contributed by atoms with van der Waals surface area (Å²) in [4.78, 5) is 14.1. The van der Waals surface area contributed by atoms with Gasteiger partial charge in [-0.2, -0.15) is 0 Å². The van der Waals surface area contributed by atoms with Gasteiger partial charge in [-0.25, -0.2) is 0 Å². The van der Waals surface area contributed by atoms with Crippen LogP contribution in [0.15, 0.2) is 24.3 Å². The van der Waals surface area contributed by atoms with Crippen LogP contribution < -0.4 is 5.73 Å². The van der Waals surface area contributed by atoms with Gasteiger partial charge in [-0.1, -0.05) is 24.4 Å². The van der Waals surface area contributed by atoms with Crippen LogP contribution in [0.2, 0.25) is 0 Å². The first-order valence-electron chi connectivity index (χ1n) is 6.18. The summed E-state index contributed by atoms with van der Waals surface area (Å²) in [5, 5.41) is 0. The van der Waals surface area contributed by atoms with Crippen LogP contribution in [0, 0.1) is 0 Å². The molecule has 104 valence electrons. The molecule has 0 radical (unpaired) electrons. The minimum atomic E-state index is -0.0644. The van der Waals surface area contributed by atoms with Crippen LogP contribution in [0.5, 0.6) is 0 Å². The third-order valence-corrected chi connectivity index (χ3v) is 2.85. The van der Waals surface area contributed by atoms with E-state index in [1.807, 2.05) is 13.8 Å². The van der Waals surface area contributed by atoms with Gasteiger partial charge in [-0.3, -0.25) is 4.79 Å². The molecule has 0 fully saturated rings. The third kappa shape index (κ3) is 4.96. The van der Waals surface area contributed by atoms with Gasteiger partial charge in [0.2, 0.25) is 0 Å². The van der Waals surface area contributed by atoms with E-state index in [1.165, 1.54) is 0 Å². The number of nitrogens with zero attached hydrogens (tertiary/aromatic N) is 1. The molecule has 2 N–H and O–H groups in total. The smallest absolute Gasteiger partial charge is 0.253 e. The summed E-state index contributed by atoms with van der Waals surface area (Å²) in [6.07, 6.45) is 0.168. The van der Waals surface area contributed by atoms with Crippen LogP contribution >= 0.6 is 12.2 Å². The van der Waals surface area contributed by atoms with Gasteiger partial charge in [0.15, 0.2) is 0 Å². The number of hydrogen-bond donors (Lipinski definition) is 1. The fourth-order valence-electron chi connectivity index (χ4n) is 1.55. The van der Waals surface area contributed by atoms with Crippen molar-refractivity contribution >= 4 is 23.1 Å². The number of amides is 1. The first-order valence-corrected chi connectivity index (χ1v) is 6.59. The first kappa shape index (κ1) is 15.6. The highest BCUT2D eigenvalue weighted by molar-refractivity contribution is 7.80. The Morgan fingerprint density at radius 2 is 2.05 bits per heavy atom. The van der Waals surface area contributed by atoms with Crippen LogP contribution in [-0.2, 0) is 4.74 Å². The normalized spacial score (nSPS) is 10.5. The molecule has 0 aliphatic carbocycles. The summed E-state index contributed by atoms with van der Waals surface area (Å²) in [6, 6.07) is 7.04. The van der Waals surface area contributed by atoms with Crippen molar-refractivity contribution in [2.75, 3.05) is 20.2 Å². The Balaban J connectivity index is 2.66. The quantitative estimate of drug-likeness (QED) is 0.808. The van der Waals surface area contributed by atoms with Gasteiger partial charge in [0.1, 0.15) is 4.99 Å². The van der Waals surface area contributed by atoms with E-state index in [0.717, 1.165) is 0 Å². The lowest BCUT2D eigenvalue weighted by Gasteiger charge is -2.18.